The van der Waals surface area contributed by atoms with Crippen molar-refractivity contribution in [3.8, 4) is 28.1 Å². The van der Waals surface area contributed by atoms with Crippen molar-refractivity contribution in [3.05, 3.63) is 210 Å². The lowest BCUT2D eigenvalue weighted by atomic mass is 9.67. The fourth-order valence-electron chi connectivity index (χ4n) is 9.28. The number of thiophene rings is 1. The monoisotopic (exact) mass is 705 g/mol. The molecule has 11 aromatic rings. The van der Waals surface area contributed by atoms with E-state index in [1.807, 2.05) is 15.9 Å². The number of hydrogen-bond acceptors (Lipinski definition) is 2. The van der Waals surface area contributed by atoms with E-state index in [4.69, 9.17) is 5.10 Å². The van der Waals surface area contributed by atoms with Crippen molar-refractivity contribution >= 4 is 58.8 Å². The first-order chi connectivity index (χ1) is 26.8. The molecule has 0 bridgehead atoms. The van der Waals surface area contributed by atoms with Crippen LogP contribution in [-0.4, -0.2) is 14.2 Å². The first-order valence-corrected chi connectivity index (χ1v) is 19.3. The van der Waals surface area contributed by atoms with E-state index in [1.165, 1.54) is 75.4 Å². The van der Waals surface area contributed by atoms with Crippen LogP contribution in [0, 0.1) is 0 Å². The first kappa shape index (κ1) is 29.8. The molecule has 4 heterocycles. The summed E-state index contributed by atoms with van der Waals surface area (Å²) in [6, 6.07) is 66.9. The lowest BCUT2D eigenvalue weighted by Gasteiger charge is -2.33. The maximum atomic E-state index is 5.08. The van der Waals surface area contributed by atoms with Crippen LogP contribution in [0.3, 0.4) is 0 Å². The summed E-state index contributed by atoms with van der Waals surface area (Å²) in [5, 5.41) is 10.0. The van der Waals surface area contributed by atoms with Gasteiger partial charge in [0, 0.05) is 38.3 Å². The molecule has 0 spiro atoms. The minimum atomic E-state index is -0.457. The Morgan fingerprint density at radius 3 is 2.07 bits per heavy atom. The largest absolute Gasteiger partial charge is 0.308 e. The lowest BCUT2D eigenvalue weighted by molar-refractivity contribution is 0.769. The van der Waals surface area contributed by atoms with Gasteiger partial charge < -0.3 is 4.57 Å². The van der Waals surface area contributed by atoms with Crippen LogP contribution in [0.15, 0.2) is 188 Å². The summed E-state index contributed by atoms with van der Waals surface area (Å²) >= 11 is 1.90. The first-order valence-electron chi connectivity index (χ1n) is 18.5. The molecule has 252 valence electrons. The molecule has 0 amide bonds. The van der Waals surface area contributed by atoms with Gasteiger partial charge in [-0.05, 0) is 81.2 Å². The fourth-order valence-corrected chi connectivity index (χ4v) is 10.5. The molecular weight excluding hydrogens is 675 g/mol. The molecule has 0 fully saturated rings. The normalized spacial score (nSPS) is 13.3. The predicted molar refractivity (Wildman–Crippen MR) is 225 cm³/mol. The van der Waals surface area contributed by atoms with Crippen LogP contribution in [-0.2, 0) is 5.41 Å². The van der Waals surface area contributed by atoms with Crippen molar-refractivity contribution in [2.75, 3.05) is 0 Å². The third kappa shape index (κ3) is 4.03. The molecule has 12 rings (SSSR count). The second-order valence-electron chi connectivity index (χ2n) is 14.4. The number of fused-ring (bicyclic) bond motifs is 10. The number of hydrogen-bond donors (Lipinski definition) is 0. The summed E-state index contributed by atoms with van der Waals surface area (Å²) in [6.45, 7) is 0. The van der Waals surface area contributed by atoms with E-state index in [2.05, 4.69) is 193 Å². The minimum absolute atomic E-state index is 0.457. The summed E-state index contributed by atoms with van der Waals surface area (Å²) in [4.78, 5) is 0. The van der Waals surface area contributed by atoms with Gasteiger partial charge in [-0.3, -0.25) is 0 Å². The van der Waals surface area contributed by atoms with Gasteiger partial charge in [-0.25, -0.2) is 4.52 Å². The average Bonchev–Trinajstić information content (AvgIpc) is 3.98. The van der Waals surface area contributed by atoms with Crippen LogP contribution in [0.1, 0.15) is 22.3 Å². The van der Waals surface area contributed by atoms with Crippen molar-refractivity contribution in [2.24, 2.45) is 0 Å². The van der Waals surface area contributed by atoms with Gasteiger partial charge in [0.05, 0.1) is 32.4 Å². The van der Waals surface area contributed by atoms with Crippen LogP contribution >= 0.6 is 11.3 Å². The molecule has 0 unspecified atom stereocenters. The molecule has 1 aliphatic rings. The molecule has 54 heavy (non-hydrogen) atoms. The number of nitrogens with zero attached hydrogens (tertiary/aromatic N) is 3. The summed E-state index contributed by atoms with van der Waals surface area (Å²) < 4.78 is 7.12. The third-order valence-electron chi connectivity index (χ3n) is 11.6. The molecule has 0 saturated carbocycles. The third-order valence-corrected chi connectivity index (χ3v) is 12.8. The molecule has 0 N–H and O–H groups in total. The molecule has 0 aliphatic heterocycles. The topological polar surface area (TPSA) is 22.2 Å². The van der Waals surface area contributed by atoms with Gasteiger partial charge in [0.25, 0.3) is 0 Å². The van der Waals surface area contributed by atoms with Crippen molar-refractivity contribution in [1.82, 2.24) is 14.2 Å². The highest BCUT2D eigenvalue weighted by atomic mass is 32.1. The molecule has 4 heteroatoms. The number of pyridine rings is 1. The van der Waals surface area contributed by atoms with E-state index >= 15 is 0 Å². The van der Waals surface area contributed by atoms with Crippen LogP contribution in [0.4, 0.5) is 0 Å². The second kappa shape index (κ2) is 11.1. The maximum Gasteiger partial charge on any atom is 0.0934 e. The van der Waals surface area contributed by atoms with E-state index in [0.717, 1.165) is 22.5 Å². The van der Waals surface area contributed by atoms with Crippen molar-refractivity contribution in [1.29, 1.82) is 0 Å². The number of aromatic nitrogens is 3. The van der Waals surface area contributed by atoms with Crippen molar-refractivity contribution in [2.45, 2.75) is 5.41 Å². The zero-order chi connectivity index (χ0) is 35.4. The summed E-state index contributed by atoms with van der Waals surface area (Å²) in [6.07, 6.45) is 2.13. The van der Waals surface area contributed by atoms with E-state index in [1.54, 1.807) is 0 Å². The summed E-state index contributed by atoms with van der Waals surface area (Å²) in [7, 11) is 0. The Labute approximate surface area is 315 Å². The van der Waals surface area contributed by atoms with Crippen LogP contribution in [0.25, 0.3) is 75.6 Å². The zero-order valence-electron chi connectivity index (χ0n) is 29.1. The average molecular weight is 706 g/mol. The van der Waals surface area contributed by atoms with Gasteiger partial charge in [0.1, 0.15) is 0 Å². The molecule has 0 saturated heterocycles. The smallest absolute Gasteiger partial charge is 0.0934 e. The molecule has 7 aromatic carbocycles. The zero-order valence-corrected chi connectivity index (χ0v) is 30.0. The number of benzene rings is 7. The molecule has 0 atom stereocenters. The van der Waals surface area contributed by atoms with Crippen LogP contribution < -0.4 is 0 Å². The minimum Gasteiger partial charge on any atom is -0.308 e. The Morgan fingerprint density at radius 2 is 1.24 bits per heavy atom. The Kier molecular flexibility index (Phi) is 6.14. The fraction of sp³-hybridized carbons (Fsp3) is 0.0200. The predicted octanol–water partition coefficient (Wildman–Crippen LogP) is 12.8. The SMILES string of the molecule is c1ccc(C2(c3ccccc3)c3ccccc3-c3cc4c(cc32)c2sc3ccccc3c2n4-c2cccc(-c3cc4cc5ccccc5cn4n3)c2)cc1. The van der Waals surface area contributed by atoms with Gasteiger partial charge in [-0.1, -0.05) is 140 Å². The van der Waals surface area contributed by atoms with Crippen LogP contribution in [0.2, 0.25) is 0 Å². The van der Waals surface area contributed by atoms with Gasteiger partial charge in [-0.15, -0.1) is 11.3 Å². The molecule has 3 nitrogen and oxygen atoms in total. The Balaban J connectivity index is 1.15. The van der Waals surface area contributed by atoms with E-state index in [-0.39, 0.29) is 0 Å². The van der Waals surface area contributed by atoms with Crippen molar-refractivity contribution < 1.29 is 0 Å². The maximum absolute atomic E-state index is 5.08. The molecule has 0 radical (unpaired) electrons. The van der Waals surface area contributed by atoms with Gasteiger partial charge in [0.2, 0.25) is 0 Å². The standard InChI is InChI=1S/C50H31N3S/c1-3-17-35(18-4-1)50(36-19-5-2-6-20-36)43-24-11-9-22-39(43)41-30-46-42(29-44(41)50)49-48(40-23-10-12-25-47(40)54-49)53(46)37-21-13-16-33(27-37)45-28-38-26-32-14-7-8-15-34(32)31-52(38)51-45/h1-31H. The van der Waals surface area contributed by atoms with Crippen molar-refractivity contribution in [3.63, 3.8) is 0 Å². The van der Waals surface area contributed by atoms with E-state index in [0.29, 0.717) is 0 Å². The second-order valence-corrected chi connectivity index (χ2v) is 15.5. The van der Waals surface area contributed by atoms with Crippen LogP contribution in [0.5, 0.6) is 0 Å². The Morgan fingerprint density at radius 1 is 0.519 bits per heavy atom. The Bertz CT molecular complexity index is 3180. The highest BCUT2D eigenvalue weighted by Crippen LogP contribution is 2.58. The quantitative estimate of drug-likeness (QED) is 0.179. The summed E-state index contributed by atoms with van der Waals surface area (Å²) in [5.74, 6) is 0. The van der Waals surface area contributed by atoms with E-state index in [9.17, 15) is 0 Å². The van der Waals surface area contributed by atoms with Gasteiger partial charge >= 0.3 is 0 Å². The molecule has 4 aromatic heterocycles. The van der Waals surface area contributed by atoms with E-state index < -0.39 is 5.41 Å². The number of rotatable bonds is 4. The molecule has 1 aliphatic carbocycles. The molecular formula is C50H31N3S. The Hall–Kier alpha value is -6.75. The highest BCUT2D eigenvalue weighted by Gasteiger charge is 2.46. The highest BCUT2D eigenvalue weighted by molar-refractivity contribution is 7.26. The van der Waals surface area contributed by atoms with Gasteiger partial charge in [-0.2, -0.15) is 5.10 Å². The lowest BCUT2D eigenvalue weighted by Crippen LogP contribution is -2.28. The summed E-state index contributed by atoms with van der Waals surface area (Å²) in [5.41, 5.74) is 14.1. The van der Waals surface area contributed by atoms with Gasteiger partial charge in [0.15, 0.2) is 0 Å².